The minimum absolute atomic E-state index is 0.200. The fraction of sp³-hybridized carbons (Fsp3) is 0.526. The molecular weight excluding hydrogens is 331 g/mol. The summed E-state index contributed by atoms with van der Waals surface area (Å²) >= 11 is 0. The Hall–Kier alpha value is -2.44. The Kier molecular flexibility index (Phi) is 5.13. The first kappa shape index (κ1) is 17.0. The van der Waals surface area contributed by atoms with Gasteiger partial charge in [-0.15, -0.1) is 5.10 Å². The average molecular weight is 356 g/mol. The zero-order valence-electron chi connectivity index (χ0n) is 14.9. The van der Waals surface area contributed by atoms with Crippen molar-refractivity contribution in [2.24, 2.45) is 0 Å². The third kappa shape index (κ3) is 4.03. The summed E-state index contributed by atoms with van der Waals surface area (Å²) < 4.78 is 13.1. The van der Waals surface area contributed by atoms with Crippen LogP contribution in [-0.2, 0) is 0 Å². The van der Waals surface area contributed by atoms with E-state index in [9.17, 15) is 4.39 Å². The van der Waals surface area contributed by atoms with Crippen LogP contribution in [0.3, 0.4) is 0 Å². The summed E-state index contributed by atoms with van der Waals surface area (Å²) in [6.07, 6.45) is 8.03. The highest BCUT2D eigenvalue weighted by molar-refractivity contribution is 5.49. The van der Waals surface area contributed by atoms with E-state index in [1.165, 1.54) is 44.2 Å². The van der Waals surface area contributed by atoms with Crippen LogP contribution < -0.4 is 15.1 Å². The summed E-state index contributed by atoms with van der Waals surface area (Å²) in [7, 11) is 0. The largest absolute Gasteiger partial charge is 0.368 e. The number of nitrogens with zero attached hydrogens (tertiary/aromatic N) is 5. The van der Waals surface area contributed by atoms with E-state index in [2.05, 4.69) is 30.3 Å². The van der Waals surface area contributed by atoms with Crippen LogP contribution in [0.5, 0.6) is 0 Å². The van der Waals surface area contributed by atoms with Crippen molar-refractivity contribution < 1.29 is 4.39 Å². The van der Waals surface area contributed by atoms with Gasteiger partial charge in [0.25, 0.3) is 0 Å². The van der Waals surface area contributed by atoms with Gasteiger partial charge >= 0.3 is 0 Å². The van der Waals surface area contributed by atoms with Gasteiger partial charge in [-0.3, -0.25) is 0 Å². The van der Waals surface area contributed by atoms with E-state index in [0.29, 0.717) is 12.0 Å². The van der Waals surface area contributed by atoms with E-state index >= 15 is 0 Å². The predicted molar refractivity (Wildman–Crippen MR) is 101 cm³/mol. The second-order valence-electron chi connectivity index (χ2n) is 7.07. The standard InChI is InChI=1S/C19H25FN6/c20-15-6-8-17(9-7-15)25-10-12-26(13-11-25)19-23-18(14-21-24-19)22-16-4-2-1-3-5-16/h6-9,14,16H,1-5,10-13H2,(H,22,23,24). The van der Waals surface area contributed by atoms with Crippen molar-refractivity contribution in [1.29, 1.82) is 0 Å². The number of halogens is 1. The highest BCUT2D eigenvalue weighted by Gasteiger charge is 2.20. The third-order valence-electron chi connectivity index (χ3n) is 5.26. The maximum atomic E-state index is 13.1. The van der Waals surface area contributed by atoms with Gasteiger partial charge in [-0.1, -0.05) is 19.3 Å². The first-order valence-corrected chi connectivity index (χ1v) is 9.50. The average Bonchev–Trinajstić information content (AvgIpc) is 2.70. The van der Waals surface area contributed by atoms with Crippen molar-refractivity contribution >= 4 is 17.5 Å². The molecule has 2 aliphatic rings. The summed E-state index contributed by atoms with van der Waals surface area (Å²) in [6, 6.07) is 7.18. The van der Waals surface area contributed by atoms with E-state index < -0.39 is 0 Å². The van der Waals surface area contributed by atoms with E-state index in [0.717, 1.165) is 37.7 Å². The van der Waals surface area contributed by atoms with Crippen molar-refractivity contribution in [3.05, 3.63) is 36.3 Å². The van der Waals surface area contributed by atoms with Gasteiger partial charge in [-0.2, -0.15) is 10.1 Å². The van der Waals surface area contributed by atoms with Crippen LogP contribution >= 0.6 is 0 Å². The first-order valence-electron chi connectivity index (χ1n) is 9.50. The topological polar surface area (TPSA) is 57.2 Å². The van der Waals surface area contributed by atoms with Gasteiger partial charge in [0.05, 0.1) is 6.20 Å². The van der Waals surface area contributed by atoms with Crippen molar-refractivity contribution in [1.82, 2.24) is 15.2 Å². The summed E-state index contributed by atoms with van der Waals surface area (Å²) in [4.78, 5) is 9.10. The molecule has 0 radical (unpaired) electrons. The second kappa shape index (κ2) is 7.85. The van der Waals surface area contributed by atoms with E-state index in [-0.39, 0.29) is 5.82 Å². The Bertz CT molecular complexity index is 708. The minimum atomic E-state index is -0.200. The molecule has 0 unspecified atom stereocenters. The zero-order chi connectivity index (χ0) is 17.8. The number of anilines is 3. The Morgan fingerprint density at radius 3 is 2.35 bits per heavy atom. The van der Waals surface area contributed by atoms with E-state index in [4.69, 9.17) is 0 Å². The van der Waals surface area contributed by atoms with Crippen LogP contribution in [0.4, 0.5) is 21.8 Å². The minimum Gasteiger partial charge on any atom is -0.368 e. The lowest BCUT2D eigenvalue weighted by Crippen LogP contribution is -2.47. The van der Waals surface area contributed by atoms with Gasteiger partial charge in [0.1, 0.15) is 5.82 Å². The second-order valence-corrected chi connectivity index (χ2v) is 7.07. The lowest BCUT2D eigenvalue weighted by molar-refractivity contribution is 0.461. The maximum Gasteiger partial charge on any atom is 0.247 e. The molecule has 2 fully saturated rings. The number of benzene rings is 1. The molecule has 0 amide bonds. The van der Waals surface area contributed by atoms with Gasteiger partial charge in [-0.25, -0.2) is 4.39 Å². The SMILES string of the molecule is Fc1ccc(N2CCN(c3nncc(NC4CCCCC4)n3)CC2)cc1. The summed E-state index contributed by atoms with van der Waals surface area (Å²) in [5, 5.41) is 11.9. The molecule has 6 nitrogen and oxygen atoms in total. The molecule has 0 bridgehead atoms. The zero-order valence-corrected chi connectivity index (χ0v) is 14.9. The van der Waals surface area contributed by atoms with E-state index in [1.807, 2.05) is 12.1 Å². The molecule has 0 atom stereocenters. The number of piperazine rings is 1. The van der Waals surface area contributed by atoms with Crippen molar-refractivity contribution in [3.63, 3.8) is 0 Å². The van der Waals surface area contributed by atoms with Gasteiger partial charge in [0, 0.05) is 37.9 Å². The van der Waals surface area contributed by atoms with Crippen LogP contribution in [0.15, 0.2) is 30.5 Å². The van der Waals surface area contributed by atoms with Crippen LogP contribution in [0.25, 0.3) is 0 Å². The first-order chi connectivity index (χ1) is 12.8. The molecule has 2 aromatic rings. The molecule has 1 saturated carbocycles. The molecule has 2 heterocycles. The van der Waals surface area contributed by atoms with Crippen LogP contribution in [0.2, 0.25) is 0 Å². The number of hydrogen-bond acceptors (Lipinski definition) is 6. The monoisotopic (exact) mass is 356 g/mol. The Morgan fingerprint density at radius 2 is 1.62 bits per heavy atom. The molecule has 1 aliphatic heterocycles. The number of rotatable bonds is 4. The Morgan fingerprint density at radius 1 is 0.923 bits per heavy atom. The molecule has 138 valence electrons. The van der Waals surface area contributed by atoms with Crippen LogP contribution in [0.1, 0.15) is 32.1 Å². The van der Waals surface area contributed by atoms with Gasteiger partial charge < -0.3 is 15.1 Å². The molecule has 0 spiro atoms. The molecule has 1 N–H and O–H groups in total. The van der Waals surface area contributed by atoms with Crippen molar-refractivity contribution in [2.45, 2.75) is 38.1 Å². The molecule has 1 aromatic carbocycles. The molecule has 4 rings (SSSR count). The third-order valence-corrected chi connectivity index (χ3v) is 5.26. The number of aromatic nitrogens is 3. The van der Waals surface area contributed by atoms with E-state index in [1.54, 1.807) is 6.20 Å². The predicted octanol–water partition coefficient (Wildman–Crippen LogP) is 3.08. The normalized spacial score (nSPS) is 18.8. The summed E-state index contributed by atoms with van der Waals surface area (Å²) in [5.41, 5.74) is 1.05. The molecule has 26 heavy (non-hydrogen) atoms. The Labute approximate surface area is 153 Å². The molecular formula is C19H25FN6. The van der Waals surface area contributed by atoms with Crippen LogP contribution in [-0.4, -0.2) is 47.4 Å². The number of hydrogen-bond donors (Lipinski definition) is 1. The Balaban J connectivity index is 1.36. The van der Waals surface area contributed by atoms with Crippen LogP contribution in [0, 0.1) is 5.82 Å². The lowest BCUT2D eigenvalue weighted by Gasteiger charge is -2.36. The smallest absolute Gasteiger partial charge is 0.247 e. The molecule has 1 aromatic heterocycles. The maximum absolute atomic E-state index is 13.1. The fourth-order valence-electron chi connectivity index (χ4n) is 3.77. The van der Waals surface area contributed by atoms with Crippen molar-refractivity contribution in [3.8, 4) is 0 Å². The fourth-order valence-corrected chi connectivity index (χ4v) is 3.77. The summed E-state index contributed by atoms with van der Waals surface area (Å²) in [5.74, 6) is 1.31. The molecule has 1 saturated heterocycles. The number of nitrogens with one attached hydrogen (secondary N) is 1. The highest BCUT2D eigenvalue weighted by Crippen LogP contribution is 2.22. The highest BCUT2D eigenvalue weighted by atomic mass is 19.1. The quantitative estimate of drug-likeness (QED) is 0.909. The molecule has 7 heteroatoms. The lowest BCUT2D eigenvalue weighted by atomic mass is 9.96. The van der Waals surface area contributed by atoms with Crippen molar-refractivity contribution in [2.75, 3.05) is 41.3 Å². The van der Waals surface area contributed by atoms with Gasteiger partial charge in [0.2, 0.25) is 5.95 Å². The molecule has 1 aliphatic carbocycles. The van der Waals surface area contributed by atoms with Gasteiger partial charge in [0.15, 0.2) is 5.82 Å². The summed E-state index contributed by atoms with van der Waals surface area (Å²) in [6.45, 7) is 3.36. The van der Waals surface area contributed by atoms with Gasteiger partial charge in [-0.05, 0) is 37.1 Å².